The van der Waals surface area contributed by atoms with Gasteiger partial charge in [-0.25, -0.2) is 4.79 Å². The molecule has 1 unspecified atom stereocenters. The smallest absolute Gasteiger partial charge is 0.335 e. The first kappa shape index (κ1) is 29.9. The predicted molar refractivity (Wildman–Crippen MR) is 173 cm³/mol. The molecule has 2 heterocycles. The summed E-state index contributed by atoms with van der Waals surface area (Å²) in [6, 6.07) is 14.0. The van der Waals surface area contributed by atoms with Crippen LogP contribution in [-0.2, 0) is 11.2 Å². The maximum Gasteiger partial charge on any atom is 0.335 e. The summed E-state index contributed by atoms with van der Waals surface area (Å²) in [5, 5.41) is 14.9. The Labute approximate surface area is 254 Å². The summed E-state index contributed by atoms with van der Waals surface area (Å²) in [6.45, 7) is 14.4. The average molecular weight is 585 g/mol. The van der Waals surface area contributed by atoms with E-state index < -0.39 is 5.97 Å². The molecule has 1 atom stereocenters. The molecule has 6 heteroatoms. The van der Waals surface area contributed by atoms with Crippen molar-refractivity contribution < 1.29 is 14.4 Å². The van der Waals surface area contributed by atoms with Crippen LogP contribution in [-0.4, -0.2) is 29.3 Å². The molecule has 1 N–H and O–H groups in total. The minimum atomic E-state index is -0.918. The van der Waals surface area contributed by atoms with Crippen LogP contribution in [0.15, 0.2) is 71.8 Å². The molecule has 2 aromatic carbocycles. The van der Waals surface area contributed by atoms with Crippen LogP contribution in [0, 0.1) is 5.92 Å². The first-order valence-corrected chi connectivity index (χ1v) is 15.6. The van der Waals surface area contributed by atoms with E-state index in [-0.39, 0.29) is 0 Å². The molecule has 0 bridgehead atoms. The third-order valence-electron chi connectivity index (χ3n) is 8.89. The Balaban J connectivity index is 1.28. The van der Waals surface area contributed by atoms with Crippen molar-refractivity contribution in [2.75, 3.05) is 18.0 Å². The predicted octanol–water partition coefficient (Wildman–Crippen LogP) is 9.58. The molecule has 42 heavy (non-hydrogen) atoms. The Morgan fingerprint density at radius 1 is 1.17 bits per heavy atom. The van der Waals surface area contributed by atoms with Gasteiger partial charge < -0.3 is 14.5 Å². The lowest BCUT2D eigenvalue weighted by atomic mass is 9.89. The molecule has 3 aromatic rings. The van der Waals surface area contributed by atoms with Crippen LogP contribution in [0.3, 0.4) is 0 Å². The van der Waals surface area contributed by atoms with Crippen LogP contribution in [0.1, 0.15) is 87.2 Å². The Morgan fingerprint density at radius 3 is 2.64 bits per heavy atom. The number of aromatic nitrogens is 1. The number of benzene rings is 2. The Hall–Kier alpha value is -3.57. The molecule has 5 nitrogen and oxygen atoms in total. The summed E-state index contributed by atoms with van der Waals surface area (Å²) in [4.78, 5) is 14.3. The number of carboxylic acid groups (broad SMARTS) is 1. The molecule has 2 aliphatic rings. The summed E-state index contributed by atoms with van der Waals surface area (Å²) in [6.07, 6.45) is 9.77. The highest BCUT2D eigenvalue weighted by Crippen LogP contribution is 2.45. The molecular weight excluding hydrogens is 544 g/mol. The van der Waals surface area contributed by atoms with Crippen LogP contribution < -0.4 is 4.90 Å². The van der Waals surface area contributed by atoms with Crippen molar-refractivity contribution in [1.29, 1.82) is 0 Å². The van der Waals surface area contributed by atoms with Crippen molar-refractivity contribution in [2.24, 2.45) is 5.92 Å². The Morgan fingerprint density at radius 2 is 1.95 bits per heavy atom. The van der Waals surface area contributed by atoms with E-state index in [4.69, 9.17) is 16.1 Å². The standard InChI is InChI=1S/C36H41ClN2O3/c1-5-23(3)32-22-27(16-17-29(32)28(6-2)36(40)41)39-20-18-24(4)25(19-21-39)10-9-12-31-34(30-11-7-8-13-33(30)37)38-42-35(31)26-14-15-26/h6-8,11,13,16-17,22,25-26H,3-5,9-10,12,14-15,18-21H2,1-2H3,(H,40,41)/b28-6+. The van der Waals surface area contributed by atoms with Gasteiger partial charge in [-0.3, -0.25) is 0 Å². The van der Waals surface area contributed by atoms with Gasteiger partial charge in [0.1, 0.15) is 11.5 Å². The highest BCUT2D eigenvalue weighted by molar-refractivity contribution is 6.33. The number of anilines is 1. The van der Waals surface area contributed by atoms with Gasteiger partial charge in [0.05, 0.1) is 10.6 Å². The Kier molecular flexibility index (Phi) is 9.37. The number of hydrogen-bond donors (Lipinski definition) is 1. The van der Waals surface area contributed by atoms with Crippen molar-refractivity contribution in [3.63, 3.8) is 0 Å². The SMILES string of the molecule is C=C(CC)c1cc(N2CCC(=C)C(CCCc3c(-c4ccccc4Cl)noc3C3CC3)CC2)ccc1/C(=C\C)C(=O)O. The van der Waals surface area contributed by atoms with Gasteiger partial charge in [-0.05, 0) is 99.1 Å². The first-order chi connectivity index (χ1) is 20.3. The van der Waals surface area contributed by atoms with Crippen molar-refractivity contribution in [3.8, 4) is 11.3 Å². The molecule has 0 spiro atoms. The summed E-state index contributed by atoms with van der Waals surface area (Å²) in [5.41, 5.74) is 8.38. The van der Waals surface area contributed by atoms with Crippen LogP contribution in [0.25, 0.3) is 22.4 Å². The lowest BCUT2D eigenvalue weighted by Crippen LogP contribution is -2.24. The number of aliphatic carboxylic acids is 1. The minimum absolute atomic E-state index is 0.311. The fourth-order valence-corrected chi connectivity index (χ4v) is 6.40. The third kappa shape index (κ3) is 6.42. The lowest BCUT2D eigenvalue weighted by Gasteiger charge is -2.25. The summed E-state index contributed by atoms with van der Waals surface area (Å²) < 4.78 is 5.88. The van der Waals surface area contributed by atoms with Crippen LogP contribution in [0.2, 0.25) is 5.02 Å². The maximum atomic E-state index is 11.9. The highest BCUT2D eigenvalue weighted by atomic mass is 35.5. The third-order valence-corrected chi connectivity index (χ3v) is 9.22. The largest absolute Gasteiger partial charge is 0.478 e. The maximum absolute atomic E-state index is 11.9. The Bertz CT molecular complexity index is 1510. The van der Waals surface area contributed by atoms with Gasteiger partial charge in [0.25, 0.3) is 0 Å². The highest BCUT2D eigenvalue weighted by Gasteiger charge is 2.33. The van der Waals surface area contributed by atoms with Crippen LogP contribution >= 0.6 is 11.6 Å². The van der Waals surface area contributed by atoms with E-state index in [2.05, 4.69) is 42.3 Å². The van der Waals surface area contributed by atoms with Gasteiger partial charge in [0.15, 0.2) is 0 Å². The van der Waals surface area contributed by atoms with Gasteiger partial charge in [-0.2, -0.15) is 0 Å². The van der Waals surface area contributed by atoms with Gasteiger partial charge >= 0.3 is 5.97 Å². The molecule has 1 aromatic heterocycles. The van der Waals surface area contributed by atoms with Gasteiger partial charge in [0.2, 0.25) is 0 Å². The van der Waals surface area contributed by atoms with Gasteiger partial charge in [-0.1, -0.05) is 72.8 Å². The topological polar surface area (TPSA) is 66.6 Å². The number of nitrogens with zero attached hydrogens (tertiary/aromatic N) is 2. The summed E-state index contributed by atoms with van der Waals surface area (Å²) in [5.74, 6) is 1.07. The summed E-state index contributed by atoms with van der Waals surface area (Å²) in [7, 11) is 0. The zero-order chi connectivity index (χ0) is 29.8. The van der Waals surface area contributed by atoms with E-state index in [0.717, 1.165) is 91.0 Å². The van der Waals surface area contributed by atoms with Crippen LogP contribution in [0.5, 0.6) is 0 Å². The zero-order valence-electron chi connectivity index (χ0n) is 24.8. The van der Waals surface area contributed by atoms with E-state index in [0.29, 0.717) is 22.4 Å². The molecule has 1 saturated heterocycles. The molecule has 1 saturated carbocycles. The number of allylic oxidation sites excluding steroid dienone is 2. The number of rotatable bonds is 11. The molecule has 1 aliphatic carbocycles. The molecule has 1 aliphatic heterocycles. The molecular formula is C36H41ClN2O3. The van der Waals surface area contributed by atoms with Crippen molar-refractivity contribution in [3.05, 3.63) is 94.7 Å². The van der Waals surface area contributed by atoms with E-state index >= 15 is 0 Å². The molecule has 2 fully saturated rings. The van der Waals surface area contributed by atoms with Crippen molar-refractivity contribution >= 4 is 34.4 Å². The fraction of sp³-hybridized carbons (Fsp3) is 0.389. The number of halogens is 1. The zero-order valence-corrected chi connectivity index (χ0v) is 25.6. The molecule has 220 valence electrons. The first-order valence-electron chi connectivity index (χ1n) is 15.2. The molecule has 0 amide bonds. The number of carboxylic acids is 1. The van der Waals surface area contributed by atoms with Gasteiger partial charge in [-0.15, -0.1) is 0 Å². The number of hydrogen-bond acceptors (Lipinski definition) is 4. The van der Waals surface area contributed by atoms with Gasteiger partial charge in [0, 0.05) is 35.8 Å². The normalized spacial score (nSPS) is 17.8. The quantitative estimate of drug-likeness (QED) is 0.179. The van der Waals surface area contributed by atoms with E-state index in [1.165, 1.54) is 24.0 Å². The minimum Gasteiger partial charge on any atom is -0.478 e. The van der Waals surface area contributed by atoms with Crippen LogP contribution in [0.4, 0.5) is 5.69 Å². The summed E-state index contributed by atoms with van der Waals surface area (Å²) >= 11 is 6.54. The molecule has 5 rings (SSSR count). The number of carbonyl (C=O) groups is 1. The lowest BCUT2D eigenvalue weighted by molar-refractivity contribution is -0.130. The second kappa shape index (κ2) is 13.2. The molecule has 0 radical (unpaired) electrons. The average Bonchev–Trinajstić information content (AvgIpc) is 3.78. The second-order valence-corrected chi connectivity index (χ2v) is 12.0. The van der Waals surface area contributed by atoms with Crippen molar-refractivity contribution in [2.45, 2.75) is 71.1 Å². The van der Waals surface area contributed by atoms with E-state index in [9.17, 15) is 9.90 Å². The monoisotopic (exact) mass is 584 g/mol. The fourth-order valence-electron chi connectivity index (χ4n) is 6.18. The van der Waals surface area contributed by atoms with E-state index in [1.54, 1.807) is 13.0 Å². The second-order valence-electron chi connectivity index (χ2n) is 11.6. The van der Waals surface area contributed by atoms with Crippen molar-refractivity contribution in [1.82, 2.24) is 5.16 Å². The van der Waals surface area contributed by atoms with E-state index in [1.807, 2.05) is 30.3 Å².